The van der Waals surface area contributed by atoms with Gasteiger partial charge in [0.15, 0.2) is 0 Å². The number of hydrogen-bond donors (Lipinski definition) is 2. The average molecular weight is 188 g/mol. The maximum Gasteiger partial charge on any atom is 0.0587 e. The van der Waals surface area contributed by atoms with Gasteiger partial charge in [0, 0.05) is 26.2 Å². The van der Waals surface area contributed by atoms with E-state index in [0.717, 1.165) is 13.2 Å². The van der Waals surface area contributed by atoms with Crippen LogP contribution in [0.1, 0.15) is 26.7 Å². The minimum Gasteiger partial charge on any atom is -0.383 e. The molecule has 0 aliphatic carbocycles. The summed E-state index contributed by atoms with van der Waals surface area (Å²) in [5.74, 6) is 0.659. The molecule has 3 heteroatoms. The van der Waals surface area contributed by atoms with Crippen LogP contribution >= 0.6 is 0 Å². The summed E-state index contributed by atoms with van der Waals surface area (Å²) in [7, 11) is 1.72. The fourth-order valence-corrected chi connectivity index (χ4v) is 1.52. The maximum absolute atomic E-state index is 5.68. The summed E-state index contributed by atoms with van der Waals surface area (Å²) < 4.78 is 4.97. The van der Waals surface area contributed by atoms with Crippen molar-refractivity contribution in [2.75, 3.05) is 26.8 Å². The number of nitrogens with two attached hydrogens (primary N) is 1. The van der Waals surface area contributed by atoms with E-state index in [2.05, 4.69) is 19.2 Å². The molecule has 0 aliphatic heterocycles. The van der Waals surface area contributed by atoms with E-state index in [1.54, 1.807) is 7.11 Å². The number of nitrogens with one attached hydrogen (secondary N) is 1. The average Bonchev–Trinajstić information content (AvgIpc) is 2.13. The zero-order valence-corrected chi connectivity index (χ0v) is 9.18. The molecule has 0 spiro atoms. The highest BCUT2D eigenvalue weighted by molar-refractivity contribution is 4.73. The van der Waals surface area contributed by atoms with Gasteiger partial charge in [0.25, 0.3) is 0 Å². The minimum absolute atomic E-state index is 0.440. The Hall–Kier alpha value is -0.120. The zero-order valence-electron chi connectivity index (χ0n) is 9.18. The second-order valence-electron chi connectivity index (χ2n) is 3.56. The van der Waals surface area contributed by atoms with Crippen LogP contribution in [0.2, 0.25) is 0 Å². The topological polar surface area (TPSA) is 47.3 Å². The Bertz CT molecular complexity index is 109. The molecule has 2 unspecified atom stereocenters. The second kappa shape index (κ2) is 8.48. The lowest BCUT2D eigenvalue weighted by Crippen LogP contribution is -2.42. The van der Waals surface area contributed by atoms with Gasteiger partial charge in [-0.2, -0.15) is 0 Å². The van der Waals surface area contributed by atoms with E-state index in [1.165, 1.54) is 12.8 Å². The normalized spacial score (nSPS) is 15.7. The molecule has 80 valence electrons. The predicted octanol–water partition coefficient (Wildman–Crippen LogP) is 0.986. The summed E-state index contributed by atoms with van der Waals surface area (Å²) in [6, 6.07) is 0.440. The fraction of sp³-hybridized carbons (Fsp3) is 1.00. The van der Waals surface area contributed by atoms with Gasteiger partial charge in [0.1, 0.15) is 0 Å². The summed E-state index contributed by atoms with van der Waals surface area (Å²) in [5.41, 5.74) is 5.68. The van der Waals surface area contributed by atoms with E-state index < -0.39 is 0 Å². The molecule has 0 aliphatic rings. The summed E-state index contributed by atoms with van der Waals surface area (Å²) in [5, 5.41) is 3.40. The predicted molar refractivity (Wildman–Crippen MR) is 56.8 cm³/mol. The molecule has 0 amide bonds. The van der Waals surface area contributed by atoms with Crippen molar-refractivity contribution in [3.63, 3.8) is 0 Å². The first-order valence-electron chi connectivity index (χ1n) is 5.18. The third-order valence-electron chi connectivity index (χ3n) is 2.40. The third kappa shape index (κ3) is 6.02. The van der Waals surface area contributed by atoms with Crippen molar-refractivity contribution in [2.24, 2.45) is 11.7 Å². The Morgan fingerprint density at radius 2 is 2.15 bits per heavy atom. The highest BCUT2D eigenvalue weighted by Gasteiger charge is 2.13. The van der Waals surface area contributed by atoms with Gasteiger partial charge in [-0.3, -0.25) is 0 Å². The van der Waals surface area contributed by atoms with Crippen molar-refractivity contribution in [1.29, 1.82) is 0 Å². The molecule has 0 aromatic carbocycles. The third-order valence-corrected chi connectivity index (χ3v) is 2.40. The first kappa shape index (κ1) is 12.9. The van der Waals surface area contributed by atoms with Crippen LogP contribution in [0.3, 0.4) is 0 Å². The van der Waals surface area contributed by atoms with Crippen molar-refractivity contribution in [2.45, 2.75) is 32.7 Å². The van der Waals surface area contributed by atoms with Crippen LogP contribution < -0.4 is 11.1 Å². The monoisotopic (exact) mass is 188 g/mol. The molecule has 3 N–H and O–H groups in total. The van der Waals surface area contributed by atoms with Crippen molar-refractivity contribution in [1.82, 2.24) is 5.32 Å². The SMILES string of the molecule is CCCC(C)C(CN)NCCOC. The fourth-order valence-electron chi connectivity index (χ4n) is 1.52. The molecule has 0 radical (unpaired) electrons. The van der Waals surface area contributed by atoms with Gasteiger partial charge in [0.2, 0.25) is 0 Å². The molecule has 0 rings (SSSR count). The molecule has 0 aromatic heterocycles. The van der Waals surface area contributed by atoms with E-state index >= 15 is 0 Å². The lowest BCUT2D eigenvalue weighted by molar-refractivity contribution is 0.191. The van der Waals surface area contributed by atoms with Gasteiger partial charge in [0.05, 0.1) is 6.61 Å². The first-order chi connectivity index (χ1) is 6.26. The number of hydrogen-bond acceptors (Lipinski definition) is 3. The molecule has 2 atom stereocenters. The molecule has 0 heterocycles. The van der Waals surface area contributed by atoms with Gasteiger partial charge in [-0.15, -0.1) is 0 Å². The number of methoxy groups -OCH3 is 1. The lowest BCUT2D eigenvalue weighted by Gasteiger charge is -2.23. The van der Waals surface area contributed by atoms with Crippen molar-refractivity contribution in [3.05, 3.63) is 0 Å². The van der Waals surface area contributed by atoms with E-state index in [4.69, 9.17) is 10.5 Å². The van der Waals surface area contributed by atoms with E-state index in [0.29, 0.717) is 18.5 Å². The molecular formula is C10H24N2O. The molecule has 0 saturated heterocycles. The Morgan fingerprint density at radius 3 is 2.62 bits per heavy atom. The summed E-state index contributed by atoms with van der Waals surface area (Å²) in [6.45, 7) is 6.83. The van der Waals surface area contributed by atoms with Crippen LogP contribution in [0.5, 0.6) is 0 Å². The maximum atomic E-state index is 5.68. The van der Waals surface area contributed by atoms with Crippen molar-refractivity contribution in [3.8, 4) is 0 Å². The minimum atomic E-state index is 0.440. The van der Waals surface area contributed by atoms with Crippen molar-refractivity contribution < 1.29 is 4.74 Å². The van der Waals surface area contributed by atoms with Gasteiger partial charge >= 0.3 is 0 Å². The summed E-state index contributed by atoms with van der Waals surface area (Å²) in [6.07, 6.45) is 2.46. The van der Waals surface area contributed by atoms with Crippen LogP contribution in [-0.2, 0) is 4.74 Å². The number of rotatable bonds is 8. The van der Waals surface area contributed by atoms with Crippen LogP contribution in [0.25, 0.3) is 0 Å². The van der Waals surface area contributed by atoms with Crippen LogP contribution in [0.4, 0.5) is 0 Å². The van der Waals surface area contributed by atoms with Crippen LogP contribution in [0, 0.1) is 5.92 Å². The highest BCUT2D eigenvalue weighted by atomic mass is 16.5. The molecule has 0 saturated carbocycles. The molecular weight excluding hydrogens is 164 g/mol. The molecule has 0 fully saturated rings. The Morgan fingerprint density at radius 1 is 1.46 bits per heavy atom. The zero-order chi connectivity index (χ0) is 10.1. The largest absolute Gasteiger partial charge is 0.383 e. The molecule has 0 bridgehead atoms. The molecule has 0 aromatic rings. The van der Waals surface area contributed by atoms with Crippen LogP contribution in [-0.4, -0.2) is 32.8 Å². The van der Waals surface area contributed by atoms with E-state index in [-0.39, 0.29) is 0 Å². The van der Waals surface area contributed by atoms with Gasteiger partial charge < -0.3 is 15.8 Å². The first-order valence-corrected chi connectivity index (χ1v) is 5.18. The quantitative estimate of drug-likeness (QED) is 0.558. The smallest absolute Gasteiger partial charge is 0.0587 e. The molecule has 3 nitrogen and oxygen atoms in total. The van der Waals surface area contributed by atoms with E-state index in [9.17, 15) is 0 Å². The van der Waals surface area contributed by atoms with Gasteiger partial charge in [-0.25, -0.2) is 0 Å². The van der Waals surface area contributed by atoms with Crippen LogP contribution in [0.15, 0.2) is 0 Å². The molecule has 13 heavy (non-hydrogen) atoms. The second-order valence-corrected chi connectivity index (χ2v) is 3.56. The van der Waals surface area contributed by atoms with Gasteiger partial charge in [-0.1, -0.05) is 20.3 Å². The summed E-state index contributed by atoms with van der Waals surface area (Å²) in [4.78, 5) is 0. The standard InChI is InChI=1S/C10H24N2O/c1-4-5-9(2)10(8-11)12-6-7-13-3/h9-10,12H,4-8,11H2,1-3H3. The van der Waals surface area contributed by atoms with E-state index in [1.807, 2.05) is 0 Å². The van der Waals surface area contributed by atoms with Gasteiger partial charge in [-0.05, 0) is 12.3 Å². The Kier molecular flexibility index (Phi) is 8.40. The number of ether oxygens (including phenoxy) is 1. The lowest BCUT2D eigenvalue weighted by atomic mass is 9.97. The summed E-state index contributed by atoms with van der Waals surface area (Å²) >= 11 is 0. The highest BCUT2D eigenvalue weighted by Crippen LogP contribution is 2.09. The Balaban J connectivity index is 3.60. The van der Waals surface area contributed by atoms with Crippen molar-refractivity contribution >= 4 is 0 Å². The Labute approximate surface area is 82.0 Å².